The first kappa shape index (κ1) is 75.4. The summed E-state index contributed by atoms with van der Waals surface area (Å²) in [5.41, 5.74) is 3.19. The van der Waals surface area contributed by atoms with Crippen molar-refractivity contribution >= 4 is 86.5 Å². The third-order valence-corrected chi connectivity index (χ3v) is 22.6. The van der Waals surface area contributed by atoms with Gasteiger partial charge in [0.2, 0.25) is 17.3 Å². The van der Waals surface area contributed by atoms with Gasteiger partial charge in [-0.1, -0.05) is 255 Å². The predicted octanol–water partition coefficient (Wildman–Crippen LogP) is 14.7. The van der Waals surface area contributed by atoms with Crippen molar-refractivity contribution in [1.82, 2.24) is 0 Å². The topological polar surface area (TPSA) is 123 Å². The zero-order valence-electron chi connectivity index (χ0n) is 47.7. The minimum absolute atomic E-state index is 0. The van der Waals surface area contributed by atoms with E-state index in [2.05, 4.69) is 0 Å². The Hall–Kier alpha value is -7.04. The average molecular weight is 1450 g/mol. The van der Waals surface area contributed by atoms with Crippen LogP contribution >= 0.6 is 21.4 Å². The molecule has 23 heteroatoms. The van der Waals surface area contributed by atoms with E-state index in [4.69, 9.17) is 5.11 Å². The molecule has 471 valence electrons. The van der Waals surface area contributed by atoms with Crippen molar-refractivity contribution in [3.05, 3.63) is 283 Å². The van der Waals surface area contributed by atoms with E-state index in [0.29, 0.717) is 0 Å². The van der Waals surface area contributed by atoms with E-state index >= 15 is 0 Å². The zero-order valence-corrected chi connectivity index (χ0v) is 52.8. The smallest absolute Gasteiger partial charge is 0.454 e. The van der Waals surface area contributed by atoms with Crippen LogP contribution in [-0.2, 0) is 28.1 Å². The molecular weight excluding hydrogens is 1390 g/mol. The third-order valence-electron chi connectivity index (χ3n) is 12.9. The van der Waals surface area contributed by atoms with Crippen LogP contribution in [-0.4, -0.2) is 47.2 Å². The van der Waals surface area contributed by atoms with E-state index in [1.807, 2.05) is 276 Å². The summed E-state index contributed by atoms with van der Waals surface area (Å²) in [5, 5.41) is 16.0. The Bertz CT molecular complexity index is 3480. The molecule has 0 amide bonds. The summed E-state index contributed by atoms with van der Waals surface area (Å²) in [5.74, 6) is -10.7. The van der Waals surface area contributed by atoms with Gasteiger partial charge in [-0.15, -0.1) is 0 Å². The monoisotopic (exact) mass is 1450 g/mol. The summed E-state index contributed by atoms with van der Waals surface area (Å²) < 4.78 is 178. The van der Waals surface area contributed by atoms with Gasteiger partial charge in [0.1, 0.15) is 0 Å². The maximum absolute atomic E-state index is 14.0. The molecule has 0 saturated carbocycles. The Morgan fingerprint density at radius 3 is 0.678 bits per heavy atom. The molecule has 90 heavy (non-hydrogen) atoms. The Labute approximate surface area is 552 Å². The molecule has 0 fully saturated rings. The van der Waals surface area contributed by atoms with Crippen molar-refractivity contribution in [1.29, 1.82) is 0 Å². The van der Waals surface area contributed by atoms with E-state index in [0.717, 1.165) is 64.4 Å². The van der Waals surface area contributed by atoms with Gasteiger partial charge in [0.05, 0.1) is 6.42 Å². The first-order valence-corrected chi connectivity index (χ1v) is 31.5. The number of aliphatic hydroxyl groups is 1. The number of halogens is 12. The van der Waals surface area contributed by atoms with Crippen molar-refractivity contribution in [3.63, 3.8) is 0 Å². The number of allylic oxidation sites excluding steroid dienone is 2. The Balaban J connectivity index is 0.000000244. The number of carbonyl (C=O) groups is 3. The number of hydrogen-bond donors (Lipinski definition) is 1. The van der Waals surface area contributed by atoms with Crippen LogP contribution in [0.25, 0.3) is 0 Å². The Morgan fingerprint density at radius 2 is 0.511 bits per heavy atom. The normalized spacial score (nSPS) is 11.8. The number of aliphatic hydroxyl groups excluding tert-OH is 1. The van der Waals surface area contributed by atoms with Gasteiger partial charge in [0.15, 0.2) is 21.4 Å². The quantitative estimate of drug-likeness (QED) is 0.0425. The van der Waals surface area contributed by atoms with Crippen LogP contribution in [0.1, 0.15) is 23.1 Å². The van der Waals surface area contributed by atoms with Crippen molar-refractivity contribution in [2.24, 2.45) is 0 Å². The minimum atomic E-state index is -5.42. The number of rotatable bonds is 12. The molecule has 0 atom stereocenters. The molecule has 0 unspecified atom stereocenters. The average Bonchev–Trinajstić information content (AvgIpc) is 0.812. The van der Waals surface area contributed by atoms with Gasteiger partial charge in [-0.05, 0) is 37.5 Å². The predicted molar refractivity (Wildman–Crippen MR) is 326 cm³/mol. The van der Waals surface area contributed by atoms with Crippen LogP contribution in [0.3, 0.4) is 0 Å². The van der Waals surface area contributed by atoms with Crippen molar-refractivity contribution < 1.29 is 135 Å². The number of carbonyl (C=O) groups excluding carboxylic acids is 3. The van der Waals surface area contributed by atoms with Crippen LogP contribution in [0.15, 0.2) is 267 Å². The number of ketones is 3. The molecule has 0 saturated heterocycles. The van der Waals surface area contributed by atoms with E-state index in [-0.39, 0.29) is 49.4 Å². The standard InChI is InChI=1S/3C19H17OP.2C5H2F6O2.Eu/c3*1-16-10-8-9-15-19(16)21(20,17-11-4-2-5-12-17)18-13-6-3-7-14-18;2*6-4(7,8)2(12)1-3(13)5(9,10)11;/h3*2-15H,1H3;1H2;1,12H;. The van der Waals surface area contributed by atoms with Gasteiger partial charge in [0.25, 0.3) is 5.78 Å². The Kier molecular flexibility index (Phi) is 27.9. The number of aryl methyl sites for hydroxylation is 3. The molecule has 9 aromatic rings. The second-order valence-electron chi connectivity index (χ2n) is 19.1. The fraction of sp³-hybridized carbons (Fsp3) is 0.119. The largest absolute Gasteiger partial charge is 0.504 e. The van der Waals surface area contributed by atoms with Crippen LogP contribution in [0, 0.1) is 70.1 Å². The molecule has 0 aliphatic carbocycles. The summed E-state index contributed by atoms with van der Waals surface area (Å²) >= 11 is 0. The summed E-state index contributed by atoms with van der Waals surface area (Å²) in [7, 11) is -8.44. The Morgan fingerprint density at radius 1 is 0.322 bits per heavy atom. The van der Waals surface area contributed by atoms with Gasteiger partial charge in [-0.2, -0.15) is 52.7 Å². The van der Waals surface area contributed by atoms with Crippen LogP contribution in [0.2, 0.25) is 0 Å². The molecule has 9 rings (SSSR count). The molecule has 7 nitrogen and oxygen atoms in total. The summed E-state index contributed by atoms with van der Waals surface area (Å²) in [6, 6.07) is 82.4. The number of alkyl halides is 12. The third kappa shape index (κ3) is 20.2. The molecule has 0 aliphatic heterocycles. The van der Waals surface area contributed by atoms with Crippen LogP contribution in [0.4, 0.5) is 52.7 Å². The molecule has 0 spiro atoms. The molecule has 0 aromatic heterocycles. The molecule has 1 N–H and O–H groups in total. The summed E-state index contributed by atoms with van der Waals surface area (Å²) in [6.45, 7) is 6.07. The number of hydrogen-bond acceptors (Lipinski definition) is 7. The zero-order chi connectivity index (χ0) is 65.9. The van der Waals surface area contributed by atoms with Gasteiger partial charge < -0.3 is 18.8 Å². The second-order valence-corrected chi connectivity index (χ2v) is 27.3. The van der Waals surface area contributed by atoms with Gasteiger partial charge in [0, 0.05) is 103 Å². The summed E-state index contributed by atoms with van der Waals surface area (Å²) in [4.78, 5) is 29.6. The van der Waals surface area contributed by atoms with E-state index < -0.39 is 81.7 Å². The fourth-order valence-electron chi connectivity index (χ4n) is 8.49. The van der Waals surface area contributed by atoms with Gasteiger partial charge in [-0.25, -0.2) is 0 Å². The molecule has 0 bridgehead atoms. The number of benzene rings is 9. The molecule has 1 radical (unpaired) electrons. The van der Waals surface area contributed by atoms with E-state index in [9.17, 15) is 80.8 Å². The SMILES string of the molecule is Cc1ccccc1P(=O)(c1ccccc1)c1ccccc1.Cc1ccccc1P(=O)(c1ccccc1)c1ccccc1.Cc1ccccc1P(=O)(c1ccccc1)c1ccccc1.O=C(C=C(O)C(F)(F)F)C(F)(F)F.O=C(CC(=O)C(F)(F)F)C(F)(F)F.[Eu]. The fourth-order valence-corrected chi connectivity index (χ4v) is 17.2. The molecular formula is C67H55EuF12O7P3. The van der Waals surface area contributed by atoms with Crippen molar-refractivity contribution in [2.75, 3.05) is 0 Å². The van der Waals surface area contributed by atoms with E-state index in [1.54, 1.807) is 0 Å². The molecule has 0 heterocycles. The molecule has 0 aliphatic rings. The summed E-state index contributed by atoms with van der Waals surface area (Å²) in [6.07, 6.45) is -24.7. The maximum Gasteiger partial charge on any atom is 0.454 e. The second kappa shape index (κ2) is 33.3. The van der Waals surface area contributed by atoms with Gasteiger partial charge in [-0.3, -0.25) is 14.4 Å². The maximum atomic E-state index is 14.0. The van der Waals surface area contributed by atoms with Crippen LogP contribution in [0.5, 0.6) is 0 Å². The van der Waals surface area contributed by atoms with E-state index in [1.165, 1.54) is 0 Å². The van der Waals surface area contributed by atoms with Gasteiger partial charge >= 0.3 is 24.7 Å². The molecule has 9 aromatic carbocycles. The van der Waals surface area contributed by atoms with Crippen LogP contribution < -0.4 is 47.7 Å². The first-order valence-electron chi connectivity index (χ1n) is 26.4. The van der Waals surface area contributed by atoms with Crippen molar-refractivity contribution in [3.8, 4) is 0 Å². The number of Topliss-reactive ketones (excluding diaryl/α,β-unsaturated/α-hetero) is 2. The van der Waals surface area contributed by atoms with Crippen molar-refractivity contribution in [2.45, 2.75) is 51.9 Å². The minimum Gasteiger partial charge on any atom is -0.504 e. The first-order chi connectivity index (χ1) is 41.8.